The summed E-state index contributed by atoms with van der Waals surface area (Å²) in [5.41, 5.74) is 0. The fourth-order valence-electron chi connectivity index (χ4n) is 3.05. The number of hydrogen-bond donors (Lipinski definition) is 2. The quantitative estimate of drug-likeness (QED) is 0.505. The van der Waals surface area contributed by atoms with Crippen LogP contribution in [0, 0.1) is 5.92 Å². The van der Waals surface area contributed by atoms with Gasteiger partial charge in [0.1, 0.15) is 0 Å². The van der Waals surface area contributed by atoms with Gasteiger partial charge in [0.25, 0.3) is 0 Å². The molecule has 0 aliphatic heterocycles. The van der Waals surface area contributed by atoms with E-state index < -0.39 is 0 Å². The number of ether oxygens (including phenoxy) is 1. The summed E-state index contributed by atoms with van der Waals surface area (Å²) in [6.07, 6.45) is 9.89. The first-order valence-electron chi connectivity index (χ1n) is 8.25. The Morgan fingerprint density at radius 1 is 1.20 bits per heavy atom. The lowest BCUT2D eigenvalue weighted by atomic mass is 9.95. The molecule has 0 radical (unpaired) electrons. The van der Waals surface area contributed by atoms with Crippen molar-refractivity contribution in [2.75, 3.05) is 26.8 Å². The molecule has 2 atom stereocenters. The van der Waals surface area contributed by atoms with E-state index in [0.717, 1.165) is 12.5 Å². The van der Waals surface area contributed by atoms with Crippen molar-refractivity contribution in [2.24, 2.45) is 5.92 Å². The molecule has 1 saturated carbocycles. The van der Waals surface area contributed by atoms with Crippen molar-refractivity contribution in [1.82, 2.24) is 10.6 Å². The number of nitrogens with one attached hydrogen (secondary N) is 2. The Hall–Kier alpha value is -0.610. The van der Waals surface area contributed by atoms with Crippen LogP contribution in [0.15, 0.2) is 0 Å². The van der Waals surface area contributed by atoms with E-state index in [4.69, 9.17) is 4.74 Å². The lowest BCUT2D eigenvalue weighted by Crippen LogP contribution is -2.34. The van der Waals surface area contributed by atoms with Crippen LogP contribution in [0.2, 0.25) is 0 Å². The smallest absolute Gasteiger partial charge is 0.221 e. The molecule has 0 saturated heterocycles. The normalized spacial score (nSPS) is 23.3. The van der Waals surface area contributed by atoms with Gasteiger partial charge in [-0.2, -0.15) is 0 Å². The Morgan fingerprint density at radius 2 is 2.05 bits per heavy atom. The average molecular weight is 284 g/mol. The Labute approximate surface area is 124 Å². The largest absolute Gasteiger partial charge is 0.383 e. The van der Waals surface area contributed by atoms with Gasteiger partial charge in [-0.05, 0) is 25.2 Å². The third-order valence-electron chi connectivity index (χ3n) is 4.20. The number of carbonyl (C=O) groups is 1. The molecule has 2 unspecified atom stereocenters. The Morgan fingerprint density at radius 3 is 2.80 bits per heavy atom. The van der Waals surface area contributed by atoms with Crippen LogP contribution in [-0.4, -0.2) is 38.8 Å². The van der Waals surface area contributed by atoms with Crippen molar-refractivity contribution in [1.29, 1.82) is 0 Å². The van der Waals surface area contributed by atoms with E-state index in [1.807, 2.05) is 0 Å². The molecule has 4 heteroatoms. The van der Waals surface area contributed by atoms with E-state index in [-0.39, 0.29) is 5.91 Å². The molecule has 4 nitrogen and oxygen atoms in total. The van der Waals surface area contributed by atoms with Gasteiger partial charge in [0, 0.05) is 32.7 Å². The predicted octanol–water partition coefficient (Wildman–Crippen LogP) is 2.48. The van der Waals surface area contributed by atoms with Gasteiger partial charge in [-0.3, -0.25) is 4.79 Å². The summed E-state index contributed by atoms with van der Waals surface area (Å²) in [4.78, 5) is 11.6. The molecule has 1 aliphatic rings. The van der Waals surface area contributed by atoms with E-state index in [9.17, 15) is 4.79 Å². The molecule has 0 aromatic rings. The van der Waals surface area contributed by atoms with Crippen LogP contribution in [0.5, 0.6) is 0 Å². The average Bonchev–Trinajstić information content (AvgIpc) is 2.65. The van der Waals surface area contributed by atoms with Gasteiger partial charge in [0.15, 0.2) is 0 Å². The Kier molecular flexibility index (Phi) is 9.67. The molecule has 0 aromatic carbocycles. The zero-order valence-corrected chi connectivity index (χ0v) is 13.2. The molecule has 0 aromatic heterocycles. The molecule has 1 amide bonds. The minimum absolute atomic E-state index is 0.118. The van der Waals surface area contributed by atoms with Crippen LogP contribution < -0.4 is 10.6 Å². The second-order valence-corrected chi connectivity index (χ2v) is 5.91. The maximum atomic E-state index is 11.6. The first kappa shape index (κ1) is 17.4. The second-order valence-electron chi connectivity index (χ2n) is 5.91. The summed E-state index contributed by atoms with van der Waals surface area (Å²) >= 11 is 0. The third-order valence-corrected chi connectivity index (χ3v) is 4.20. The van der Waals surface area contributed by atoms with Crippen LogP contribution in [0.3, 0.4) is 0 Å². The highest BCUT2D eigenvalue weighted by molar-refractivity contribution is 5.76. The minimum atomic E-state index is 0.118. The molecule has 1 fully saturated rings. The highest BCUT2D eigenvalue weighted by Gasteiger charge is 2.17. The fourth-order valence-corrected chi connectivity index (χ4v) is 3.05. The van der Waals surface area contributed by atoms with Crippen LogP contribution in [0.4, 0.5) is 0 Å². The number of hydrogen-bond acceptors (Lipinski definition) is 3. The van der Waals surface area contributed by atoms with Crippen molar-refractivity contribution in [3.8, 4) is 0 Å². The zero-order chi connectivity index (χ0) is 14.6. The number of amides is 1. The summed E-state index contributed by atoms with van der Waals surface area (Å²) in [6, 6.07) is 0.614. The molecule has 1 aliphatic carbocycles. The molecule has 1 rings (SSSR count). The number of rotatable bonds is 9. The summed E-state index contributed by atoms with van der Waals surface area (Å²) in [5.74, 6) is 1.05. The van der Waals surface area contributed by atoms with Crippen molar-refractivity contribution >= 4 is 5.91 Å². The highest BCUT2D eigenvalue weighted by atomic mass is 16.5. The molecule has 118 valence electrons. The molecule has 0 spiro atoms. The minimum Gasteiger partial charge on any atom is -0.383 e. The van der Waals surface area contributed by atoms with E-state index in [0.29, 0.717) is 25.6 Å². The third kappa shape index (κ3) is 7.85. The summed E-state index contributed by atoms with van der Waals surface area (Å²) in [6.45, 7) is 4.27. The van der Waals surface area contributed by atoms with Gasteiger partial charge in [-0.1, -0.05) is 32.6 Å². The predicted molar refractivity (Wildman–Crippen MR) is 82.8 cm³/mol. The monoisotopic (exact) mass is 284 g/mol. The first-order valence-corrected chi connectivity index (χ1v) is 8.25. The van der Waals surface area contributed by atoms with Crippen molar-refractivity contribution < 1.29 is 9.53 Å². The highest BCUT2D eigenvalue weighted by Crippen LogP contribution is 2.26. The SMILES string of the molecule is CCCC1CCCC(NCCC(=O)NCCOC)CC1. The van der Waals surface area contributed by atoms with Crippen LogP contribution in [0.25, 0.3) is 0 Å². The van der Waals surface area contributed by atoms with Gasteiger partial charge >= 0.3 is 0 Å². The molecular formula is C16H32N2O2. The van der Waals surface area contributed by atoms with Crippen LogP contribution >= 0.6 is 0 Å². The van der Waals surface area contributed by atoms with Gasteiger partial charge in [0.2, 0.25) is 5.91 Å². The lowest BCUT2D eigenvalue weighted by Gasteiger charge is -2.16. The fraction of sp³-hybridized carbons (Fsp3) is 0.938. The summed E-state index contributed by atoms with van der Waals surface area (Å²) in [5, 5.41) is 6.41. The van der Waals surface area contributed by atoms with Gasteiger partial charge in [-0.15, -0.1) is 0 Å². The lowest BCUT2D eigenvalue weighted by molar-refractivity contribution is -0.121. The van der Waals surface area contributed by atoms with Gasteiger partial charge < -0.3 is 15.4 Å². The van der Waals surface area contributed by atoms with Gasteiger partial charge in [0.05, 0.1) is 6.61 Å². The van der Waals surface area contributed by atoms with Gasteiger partial charge in [-0.25, -0.2) is 0 Å². The summed E-state index contributed by atoms with van der Waals surface area (Å²) in [7, 11) is 1.64. The van der Waals surface area contributed by atoms with E-state index in [2.05, 4.69) is 17.6 Å². The molecule has 2 N–H and O–H groups in total. The molecule has 0 bridgehead atoms. The number of carbonyl (C=O) groups excluding carboxylic acids is 1. The van der Waals surface area contributed by atoms with Crippen molar-refractivity contribution in [2.45, 2.75) is 64.3 Å². The molecule has 0 heterocycles. The van der Waals surface area contributed by atoms with Crippen LogP contribution in [0.1, 0.15) is 58.3 Å². The van der Waals surface area contributed by atoms with E-state index in [1.54, 1.807) is 7.11 Å². The number of methoxy groups -OCH3 is 1. The maximum absolute atomic E-state index is 11.6. The molecule has 20 heavy (non-hydrogen) atoms. The first-order chi connectivity index (χ1) is 9.76. The van der Waals surface area contributed by atoms with Crippen LogP contribution in [-0.2, 0) is 9.53 Å². The topological polar surface area (TPSA) is 50.4 Å². The summed E-state index contributed by atoms with van der Waals surface area (Å²) < 4.78 is 4.91. The van der Waals surface area contributed by atoms with Crippen molar-refractivity contribution in [3.05, 3.63) is 0 Å². The Bertz CT molecular complexity index is 259. The Balaban J connectivity index is 2.08. The second kappa shape index (κ2) is 11.1. The van der Waals surface area contributed by atoms with E-state index >= 15 is 0 Å². The maximum Gasteiger partial charge on any atom is 0.221 e. The molecular weight excluding hydrogens is 252 g/mol. The standard InChI is InChI=1S/C16H32N2O2/c1-3-5-14-6-4-7-15(9-8-14)17-11-10-16(19)18-12-13-20-2/h14-15,17H,3-13H2,1-2H3,(H,18,19). The zero-order valence-electron chi connectivity index (χ0n) is 13.2. The van der Waals surface area contributed by atoms with E-state index in [1.165, 1.54) is 44.9 Å². The van der Waals surface area contributed by atoms with Crippen molar-refractivity contribution in [3.63, 3.8) is 0 Å².